The summed E-state index contributed by atoms with van der Waals surface area (Å²) in [4.78, 5) is 2.41. The van der Waals surface area contributed by atoms with Gasteiger partial charge in [-0.25, -0.2) is 4.68 Å². The molecule has 130 valence electrons. The Kier molecular flexibility index (Phi) is 4.09. The van der Waals surface area contributed by atoms with Crippen molar-refractivity contribution in [3.8, 4) is 5.69 Å². The van der Waals surface area contributed by atoms with Crippen molar-refractivity contribution in [2.75, 3.05) is 6.54 Å². The van der Waals surface area contributed by atoms with Crippen molar-refractivity contribution >= 4 is 0 Å². The van der Waals surface area contributed by atoms with Crippen LogP contribution in [-0.2, 0) is 13.1 Å². The Hall–Kier alpha value is -2.54. The summed E-state index contributed by atoms with van der Waals surface area (Å²) in [6.45, 7) is 9.20. The Balaban J connectivity index is 1.58. The molecular formula is C18H23N7. The van der Waals surface area contributed by atoms with Gasteiger partial charge in [0.05, 0.1) is 23.6 Å². The summed E-state index contributed by atoms with van der Waals surface area (Å²) < 4.78 is 4.18. The summed E-state index contributed by atoms with van der Waals surface area (Å²) in [7, 11) is 0. The molecule has 7 nitrogen and oxygen atoms in total. The van der Waals surface area contributed by atoms with Crippen LogP contribution in [0.5, 0.6) is 0 Å². The first-order chi connectivity index (χ1) is 12.1. The molecule has 1 atom stereocenters. The molecule has 1 unspecified atom stereocenters. The van der Waals surface area contributed by atoms with Gasteiger partial charge in [-0.1, -0.05) is 37.3 Å². The Morgan fingerprint density at radius 3 is 2.68 bits per heavy atom. The lowest BCUT2D eigenvalue weighted by atomic mass is 10.1. The van der Waals surface area contributed by atoms with Crippen molar-refractivity contribution in [2.45, 2.75) is 45.8 Å². The first-order valence-corrected chi connectivity index (χ1v) is 8.77. The number of aromatic nitrogens is 6. The molecule has 0 saturated heterocycles. The molecule has 1 aliphatic rings. The monoisotopic (exact) mass is 337 g/mol. The molecule has 0 spiro atoms. The lowest BCUT2D eigenvalue weighted by Gasteiger charge is -2.33. The number of benzene rings is 1. The average Bonchev–Trinajstić information content (AvgIpc) is 3.25. The minimum Gasteiger partial charge on any atom is -0.312 e. The number of nitrogens with zero attached hydrogens (tertiary/aromatic N) is 7. The highest BCUT2D eigenvalue weighted by Crippen LogP contribution is 2.28. The van der Waals surface area contributed by atoms with E-state index in [1.165, 1.54) is 0 Å². The van der Waals surface area contributed by atoms with Crippen molar-refractivity contribution in [1.29, 1.82) is 0 Å². The smallest absolute Gasteiger partial charge is 0.150 e. The molecule has 1 aromatic carbocycles. The largest absolute Gasteiger partial charge is 0.312 e. The lowest BCUT2D eigenvalue weighted by molar-refractivity contribution is 0.151. The Bertz CT molecular complexity index is 849. The number of para-hydroxylation sites is 1. The van der Waals surface area contributed by atoms with E-state index in [2.05, 4.69) is 50.7 Å². The summed E-state index contributed by atoms with van der Waals surface area (Å²) in [6, 6.07) is 10.3. The zero-order valence-corrected chi connectivity index (χ0v) is 14.9. The topological polar surface area (TPSA) is 64.7 Å². The van der Waals surface area contributed by atoms with E-state index >= 15 is 0 Å². The maximum absolute atomic E-state index is 4.45. The van der Waals surface area contributed by atoms with Crippen molar-refractivity contribution in [3.63, 3.8) is 0 Å². The van der Waals surface area contributed by atoms with Crippen molar-refractivity contribution in [1.82, 2.24) is 34.7 Å². The fourth-order valence-corrected chi connectivity index (χ4v) is 3.45. The fourth-order valence-electron chi connectivity index (χ4n) is 3.45. The Labute approximate surface area is 147 Å². The third-order valence-electron chi connectivity index (χ3n) is 4.84. The van der Waals surface area contributed by atoms with Gasteiger partial charge >= 0.3 is 0 Å². The predicted molar refractivity (Wildman–Crippen MR) is 94.3 cm³/mol. The minimum absolute atomic E-state index is 0.216. The molecule has 0 amide bonds. The summed E-state index contributed by atoms with van der Waals surface area (Å²) in [5.74, 6) is 2.52. The fraction of sp³-hybridized carbons (Fsp3) is 0.444. The molecule has 0 radical (unpaired) electrons. The van der Waals surface area contributed by atoms with E-state index in [0.29, 0.717) is 5.92 Å². The van der Waals surface area contributed by atoms with Gasteiger partial charge in [-0.05, 0) is 19.1 Å². The quantitative estimate of drug-likeness (QED) is 0.732. The van der Waals surface area contributed by atoms with E-state index in [0.717, 1.165) is 42.7 Å². The van der Waals surface area contributed by atoms with Crippen molar-refractivity contribution < 1.29 is 0 Å². The van der Waals surface area contributed by atoms with Gasteiger partial charge in [-0.15, -0.1) is 15.3 Å². The van der Waals surface area contributed by atoms with Crippen LogP contribution in [0.4, 0.5) is 0 Å². The van der Waals surface area contributed by atoms with Crippen LogP contribution in [0.15, 0.2) is 36.5 Å². The van der Waals surface area contributed by atoms with Gasteiger partial charge in [-0.3, -0.25) is 4.90 Å². The second-order valence-corrected chi connectivity index (χ2v) is 6.84. The normalized spacial score (nSPS) is 17.8. The van der Waals surface area contributed by atoms with Gasteiger partial charge in [0.15, 0.2) is 0 Å². The zero-order valence-electron chi connectivity index (χ0n) is 14.9. The Morgan fingerprint density at radius 1 is 1.12 bits per heavy atom. The maximum atomic E-state index is 4.45. The Morgan fingerprint density at radius 2 is 1.92 bits per heavy atom. The summed E-state index contributed by atoms with van der Waals surface area (Å²) in [6.07, 6.45) is 1.85. The molecule has 0 bridgehead atoms. The minimum atomic E-state index is 0.216. The van der Waals surface area contributed by atoms with Crippen LogP contribution in [-0.4, -0.2) is 41.2 Å². The van der Waals surface area contributed by atoms with E-state index in [-0.39, 0.29) is 6.04 Å². The van der Waals surface area contributed by atoms with Crippen LogP contribution in [0, 0.1) is 0 Å². The third kappa shape index (κ3) is 2.84. The van der Waals surface area contributed by atoms with Crippen molar-refractivity contribution in [3.05, 3.63) is 53.9 Å². The van der Waals surface area contributed by atoms with Crippen LogP contribution in [0.3, 0.4) is 0 Å². The molecule has 25 heavy (non-hydrogen) atoms. The maximum Gasteiger partial charge on any atom is 0.150 e. The molecule has 0 N–H and O–H groups in total. The summed E-state index contributed by atoms with van der Waals surface area (Å²) in [5.41, 5.74) is 2.11. The van der Waals surface area contributed by atoms with Gasteiger partial charge in [0.25, 0.3) is 0 Å². The number of hydrogen-bond acceptors (Lipinski definition) is 5. The highest BCUT2D eigenvalue weighted by atomic mass is 15.4. The number of fused-ring (bicyclic) bond motifs is 1. The molecule has 1 aliphatic heterocycles. The van der Waals surface area contributed by atoms with E-state index in [9.17, 15) is 0 Å². The van der Waals surface area contributed by atoms with E-state index < -0.39 is 0 Å². The van der Waals surface area contributed by atoms with Crippen LogP contribution in [0.2, 0.25) is 0 Å². The molecule has 4 rings (SSSR count). The molecule has 7 heteroatoms. The number of rotatable bonds is 4. The molecule has 2 aromatic heterocycles. The van der Waals surface area contributed by atoms with Gasteiger partial charge in [-0.2, -0.15) is 0 Å². The van der Waals surface area contributed by atoms with E-state index in [1.54, 1.807) is 0 Å². The third-order valence-corrected chi connectivity index (χ3v) is 4.84. The van der Waals surface area contributed by atoms with Gasteiger partial charge in [0, 0.05) is 25.6 Å². The predicted octanol–water partition coefficient (Wildman–Crippen LogP) is 2.56. The second kappa shape index (κ2) is 6.40. The van der Waals surface area contributed by atoms with E-state index in [1.807, 2.05) is 41.2 Å². The van der Waals surface area contributed by atoms with E-state index in [4.69, 9.17) is 0 Å². The molecule has 0 aliphatic carbocycles. The molecule has 0 saturated carbocycles. The molecule has 3 heterocycles. The zero-order chi connectivity index (χ0) is 17.4. The first kappa shape index (κ1) is 16.0. The van der Waals surface area contributed by atoms with Crippen LogP contribution in [0.1, 0.15) is 50.1 Å². The van der Waals surface area contributed by atoms with Crippen LogP contribution >= 0.6 is 0 Å². The summed E-state index contributed by atoms with van der Waals surface area (Å²) in [5, 5.41) is 17.2. The van der Waals surface area contributed by atoms with Gasteiger partial charge in [0.1, 0.15) is 11.6 Å². The highest BCUT2D eigenvalue weighted by molar-refractivity contribution is 5.31. The standard InChI is InChI=1S/C18H23N7/c1-13(2)17-20-21-18-14(3)23(9-10-24(17)18)12-16-11-19-22-25(16)15-7-5-4-6-8-15/h4-8,11,13-14H,9-10,12H2,1-3H3. The molecule has 0 fully saturated rings. The first-order valence-electron chi connectivity index (χ1n) is 8.77. The average molecular weight is 337 g/mol. The second-order valence-electron chi connectivity index (χ2n) is 6.84. The van der Waals surface area contributed by atoms with Crippen LogP contribution in [0.25, 0.3) is 5.69 Å². The molecular weight excluding hydrogens is 314 g/mol. The highest BCUT2D eigenvalue weighted by Gasteiger charge is 2.29. The van der Waals surface area contributed by atoms with Gasteiger partial charge in [0.2, 0.25) is 0 Å². The van der Waals surface area contributed by atoms with Crippen molar-refractivity contribution in [2.24, 2.45) is 0 Å². The number of hydrogen-bond donors (Lipinski definition) is 0. The van der Waals surface area contributed by atoms with Gasteiger partial charge < -0.3 is 4.57 Å². The lowest BCUT2D eigenvalue weighted by Crippen LogP contribution is -2.37. The summed E-state index contributed by atoms with van der Waals surface area (Å²) >= 11 is 0. The SMILES string of the molecule is CC(C)c1nnc2n1CCN(Cc1cnnn1-c1ccccc1)C2C. The van der Waals surface area contributed by atoms with Crippen LogP contribution < -0.4 is 0 Å². The molecule has 3 aromatic rings.